The molecule has 2 nitrogen and oxygen atoms in total. The first kappa shape index (κ1) is 14.5. The van der Waals surface area contributed by atoms with Crippen LogP contribution in [0.15, 0.2) is 22.7 Å². The topological polar surface area (TPSA) is 15.3 Å². The van der Waals surface area contributed by atoms with Crippen molar-refractivity contribution >= 4 is 15.9 Å². The van der Waals surface area contributed by atoms with Crippen LogP contribution in [0.5, 0.6) is 0 Å². The van der Waals surface area contributed by atoms with Gasteiger partial charge in [0, 0.05) is 18.6 Å². The molecular formula is C16H22BrFN2. The van der Waals surface area contributed by atoms with E-state index in [9.17, 15) is 4.39 Å². The third-order valence-corrected chi connectivity index (χ3v) is 5.59. The first-order chi connectivity index (χ1) is 9.63. The molecule has 4 heteroatoms. The van der Waals surface area contributed by atoms with Gasteiger partial charge in [0.1, 0.15) is 5.82 Å². The standard InChI is InChI=1S/C16H22BrFN2/c1-20-13-3-4-14(20)7-12(6-13)10-19-9-11-2-5-15(17)16(18)8-11/h2,5,8,12-14,19H,3-4,6-7,9-10H2,1H3. The SMILES string of the molecule is CN1C2CCC1CC(CNCc1ccc(Br)c(F)c1)C2. The van der Waals surface area contributed by atoms with Crippen LogP contribution in [-0.2, 0) is 6.54 Å². The Morgan fingerprint density at radius 2 is 2.00 bits per heavy atom. The molecule has 2 aliphatic rings. The fraction of sp³-hybridized carbons (Fsp3) is 0.625. The highest BCUT2D eigenvalue weighted by Gasteiger charge is 2.37. The summed E-state index contributed by atoms with van der Waals surface area (Å²) in [7, 11) is 2.27. The number of nitrogens with zero attached hydrogens (tertiary/aromatic N) is 1. The van der Waals surface area contributed by atoms with E-state index in [4.69, 9.17) is 0 Å². The van der Waals surface area contributed by atoms with Crippen LogP contribution in [-0.4, -0.2) is 30.6 Å². The number of hydrogen-bond acceptors (Lipinski definition) is 2. The second-order valence-corrected chi connectivity index (χ2v) is 7.12. The number of fused-ring (bicyclic) bond motifs is 2. The Balaban J connectivity index is 1.47. The molecule has 3 rings (SSSR count). The molecule has 1 aromatic carbocycles. The molecule has 0 saturated carbocycles. The molecular weight excluding hydrogens is 319 g/mol. The van der Waals surface area contributed by atoms with Crippen LogP contribution in [0.2, 0.25) is 0 Å². The highest BCUT2D eigenvalue weighted by Crippen LogP contribution is 2.37. The van der Waals surface area contributed by atoms with Crippen LogP contribution < -0.4 is 5.32 Å². The molecule has 2 heterocycles. The molecule has 0 aliphatic carbocycles. The summed E-state index contributed by atoms with van der Waals surface area (Å²) < 4.78 is 14.0. The fourth-order valence-electron chi connectivity index (χ4n) is 3.76. The molecule has 0 radical (unpaired) electrons. The molecule has 2 bridgehead atoms. The smallest absolute Gasteiger partial charge is 0.137 e. The molecule has 0 aromatic heterocycles. The van der Waals surface area contributed by atoms with E-state index >= 15 is 0 Å². The molecule has 0 spiro atoms. The molecule has 20 heavy (non-hydrogen) atoms. The Bertz CT molecular complexity index is 466. The minimum atomic E-state index is -0.179. The Morgan fingerprint density at radius 1 is 1.30 bits per heavy atom. The van der Waals surface area contributed by atoms with E-state index in [-0.39, 0.29) is 5.82 Å². The maximum absolute atomic E-state index is 13.4. The number of rotatable bonds is 4. The summed E-state index contributed by atoms with van der Waals surface area (Å²) in [5.41, 5.74) is 1.02. The molecule has 1 N–H and O–H groups in total. The molecule has 0 amide bonds. The summed E-state index contributed by atoms with van der Waals surface area (Å²) >= 11 is 3.19. The molecule has 1 aromatic rings. The average Bonchev–Trinajstić information content (AvgIpc) is 2.65. The van der Waals surface area contributed by atoms with Gasteiger partial charge in [-0.25, -0.2) is 4.39 Å². The van der Waals surface area contributed by atoms with Gasteiger partial charge in [-0.1, -0.05) is 6.07 Å². The van der Waals surface area contributed by atoms with Crippen molar-refractivity contribution < 1.29 is 4.39 Å². The van der Waals surface area contributed by atoms with Crippen molar-refractivity contribution in [1.29, 1.82) is 0 Å². The fourth-order valence-corrected chi connectivity index (χ4v) is 4.01. The van der Waals surface area contributed by atoms with Gasteiger partial charge in [-0.2, -0.15) is 0 Å². The third kappa shape index (κ3) is 3.07. The normalized spacial score (nSPS) is 29.9. The van der Waals surface area contributed by atoms with E-state index in [0.29, 0.717) is 4.47 Å². The maximum Gasteiger partial charge on any atom is 0.137 e. The second kappa shape index (κ2) is 6.12. The lowest BCUT2D eigenvalue weighted by Crippen LogP contribution is -2.42. The zero-order valence-corrected chi connectivity index (χ0v) is 13.5. The highest BCUT2D eigenvalue weighted by atomic mass is 79.9. The van der Waals surface area contributed by atoms with Crippen molar-refractivity contribution in [2.75, 3.05) is 13.6 Å². The highest BCUT2D eigenvalue weighted by molar-refractivity contribution is 9.10. The largest absolute Gasteiger partial charge is 0.312 e. The van der Waals surface area contributed by atoms with Crippen LogP contribution in [0.25, 0.3) is 0 Å². The zero-order valence-electron chi connectivity index (χ0n) is 11.9. The Morgan fingerprint density at radius 3 is 2.65 bits per heavy atom. The van der Waals surface area contributed by atoms with Gasteiger partial charge >= 0.3 is 0 Å². The Kier molecular flexibility index (Phi) is 4.43. The summed E-state index contributed by atoms with van der Waals surface area (Å²) in [5.74, 6) is 0.602. The van der Waals surface area contributed by atoms with Crippen molar-refractivity contribution in [3.8, 4) is 0 Å². The minimum Gasteiger partial charge on any atom is -0.312 e. The minimum absolute atomic E-state index is 0.179. The van der Waals surface area contributed by atoms with Crippen LogP contribution in [0.4, 0.5) is 4.39 Å². The lowest BCUT2D eigenvalue weighted by molar-refractivity contribution is 0.133. The number of nitrogens with one attached hydrogen (secondary N) is 1. The van der Waals surface area contributed by atoms with E-state index in [2.05, 4.69) is 33.2 Å². The van der Waals surface area contributed by atoms with Crippen LogP contribution in [0.3, 0.4) is 0 Å². The van der Waals surface area contributed by atoms with Crippen LogP contribution >= 0.6 is 15.9 Å². The van der Waals surface area contributed by atoms with E-state index in [1.165, 1.54) is 25.7 Å². The Labute approximate surface area is 128 Å². The maximum atomic E-state index is 13.4. The number of benzene rings is 1. The van der Waals surface area contributed by atoms with E-state index < -0.39 is 0 Å². The lowest BCUT2D eigenvalue weighted by Gasteiger charge is -2.36. The van der Waals surface area contributed by atoms with Crippen molar-refractivity contribution in [3.05, 3.63) is 34.1 Å². The molecule has 2 atom stereocenters. The summed E-state index contributed by atoms with van der Waals surface area (Å²) in [6.07, 6.45) is 5.37. The molecule has 2 fully saturated rings. The van der Waals surface area contributed by atoms with E-state index in [1.54, 1.807) is 12.1 Å². The molecule has 2 unspecified atom stereocenters. The van der Waals surface area contributed by atoms with E-state index in [1.807, 2.05) is 6.07 Å². The number of halogens is 2. The summed E-state index contributed by atoms with van der Waals surface area (Å²) in [4.78, 5) is 2.57. The van der Waals surface area contributed by atoms with Gasteiger partial charge in [0.15, 0.2) is 0 Å². The van der Waals surface area contributed by atoms with Gasteiger partial charge in [-0.05, 0) is 78.8 Å². The lowest BCUT2D eigenvalue weighted by atomic mass is 9.91. The molecule has 2 saturated heterocycles. The van der Waals surface area contributed by atoms with E-state index in [0.717, 1.165) is 36.7 Å². The third-order valence-electron chi connectivity index (χ3n) is 4.94. The number of hydrogen-bond donors (Lipinski definition) is 1. The average molecular weight is 341 g/mol. The molecule has 110 valence electrons. The predicted octanol–water partition coefficient (Wildman–Crippen LogP) is 3.55. The van der Waals surface area contributed by atoms with Crippen molar-refractivity contribution in [1.82, 2.24) is 10.2 Å². The summed E-state index contributed by atoms with van der Waals surface area (Å²) in [6, 6.07) is 6.95. The predicted molar refractivity (Wildman–Crippen MR) is 83.1 cm³/mol. The summed E-state index contributed by atoms with van der Waals surface area (Å²) in [6.45, 7) is 1.81. The summed E-state index contributed by atoms with van der Waals surface area (Å²) in [5, 5.41) is 3.50. The van der Waals surface area contributed by atoms with Gasteiger partial charge in [0.05, 0.1) is 4.47 Å². The zero-order chi connectivity index (χ0) is 14.1. The first-order valence-corrected chi connectivity index (χ1v) is 8.29. The molecule has 2 aliphatic heterocycles. The van der Waals surface area contributed by atoms with Gasteiger partial charge in [0.25, 0.3) is 0 Å². The Hall–Kier alpha value is -0.450. The first-order valence-electron chi connectivity index (χ1n) is 7.50. The van der Waals surface area contributed by atoms with Gasteiger partial charge in [-0.3, -0.25) is 0 Å². The van der Waals surface area contributed by atoms with Crippen molar-refractivity contribution in [2.45, 2.75) is 44.3 Å². The van der Waals surface area contributed by atoms with Crippen molar-refractivity contribution in [3.63, 3.8) is 0 Å². The van der Waals surface area contributed by atoms with Gasteiger partial charge in [0.2, 0.25) is 0 Å². The van der Waals surface area contributed by atoms with Crippen LogP contribution in [0.1, 0.15) is 31.2 Å². The van der Waals surface area contributed by atoms with Crippen molar-refractivity contribution in [2.24, 2.45) is 5.92 Å². The van der Waals surface area contributed by atoms with Crippen LogP contribution in [0, 0.1) is 11.7 Å². The quantitative estimate of drug-likeness (QED) is 0.901. The van der Waals surface area contributed by atoms with Gasteiger partial charge < -0.3 is 10.2 Å². The number of piperidine rings is 1. The van der Waals surface area contributed by atoms with Gasteiger partial charge in [-0.15, -0.1) is 0 Å². The monoisotopic (exact) mass is 340 g/mol. The second-order valence-electron chi connectivity index (χ2n) is 6.27.